The molecule has 3 N–H and O–H groups in total. The topological polar surface area (TPSA) is 175 Å². The summed E-state index contributed by atoms with van der Waals surface area (Å²) in [6.07, 6.45) is 4.62. The Bertz CT molecular complexity index is 3400. The van der Waals surface area contributed by atoms with E-state index in [1.807, 2.05) is 108 Å². The summed E-state index contributed by atoms with van der Waals surface area (Å²) in [5, 5.41) is 22.2. The van der Waals surface area contributed by atoms with Gasteiger partial charge >= 0.3 is 5.97 Å². The Balaban J connectivity index is 0.676. The molecule has 0 aliphatic carbocycles. The molecule has 15 nitrogen and oxygen atoms in total. The maximum atomic E-state index is 13.7. The molecule has 3 aromatic heterocycles. The summed E-state index contributed by atoms with van der Waals surface area (Å²) >= 11 is 1.43. The number of hydrogen-bond donors (Lipinski definition) is 3. The number of pyridine rings is 1. The minimum atomic E-state index is -1.13. The molecule has 3 aliphatic heterocycles. The third-order valence-electron chi connectivity index (χ3n) is 14.5. The van der Waals surface area contributed by atoms with Gasteiger partial charge in [0.2, 0.25) is 11.8 Å². The van der Waals surface area contributed by atoms with Crippen molar-refractivity contribution in [3.63, 3.8) is 0 Å². The molecule has 370 valence electrons. The van der Waals surface area contributed by atoms with Crippen molar-refractivity contribution < 1.29 is 29.0 Å². The molecule has 2 fully saturated rings. The molecule has 3 aliphatic rings. The lowest BCUT2D eigenvalue weighted by molar-refractivity contribution is -0.134. The molecular formula is C57H55N9O6S. The number of carbonyl (C=O) groups excluding carboxylic acids is 3. The number of aromatic nitrogens is 4. The summed E-state index contributed by atoms with van der Waals surface area (Å²) in [4.78, 5) is 67.1. The Kier molecular flexibility index (Phi) is 13.2. The number of anilines is 3. The number of amides is 3. The number of nitrogens with zero attached hydrogens (tertiary/aromatic N) is 7. The van der Waals surface area contributed by atoms with Gasteiger partial charge in [-0.3, -0.25) is 34.6 Å². The number of aryl methyl sites for hydroxylation is 2. The van der Waals surface area contributed by atoms with E-state index in [1.54, 1.807) is 0 Å². The number of piperazine rings is 1. The van der Waals surface area contributed by atoms with E-state index >= 15 is 0 Å². The number of para-hydroxylation sites is 1. The Hall–Kier alpha value is -7.95. The second-order valence-corrected chi connectivity index (χ2v) is 20.1. The summed E-state index contributed by atoms with van der Waals surface area (Å²) < 4.78 is 9.25. The number of rotatable bonds is 14. The molecule has 0 saturated carbocycles. The first-order chi connectivity index (χ1) is 35.5. The number of aromatic carboxylic acids is 1. The van der Waals surface area contributed by atoms with Gasteiger partial charge in [-0.25, -0.2) is 14.8 Å². The van der Waals surface area contributed by atoms with Crippen LogP contribution in [-0.2, 0) is 36.0 Å². The molecule has 73 heavy (non-hydrogen) atoms. The number of fused-ring (bicyclic) bond motifs is 3. The highest BCUT2D eigenvalue weighted by atomic mass is 32.1. The maximum absolute atomic E-state index is 13.7. The predicted molar refractivity (Wildman–Crippen MR) is 284 cm³/mol. The highest BCUT2D eigenvalue weighted by Gasteiger charge is 2.32. The third-order valence-corrected chi connectivity index (χ3v) is 15.5. The van der Waals surface area contributed by atoms with Crippen LogP contribution in [0.2, 0.25) is 0 Å². The van der Waals surface area contributed by atoms with E-state index in [0.717, 1.165) is 107 Å². The highest BCUT2D eigenvalue weighted by Crippen LogP contribution is 2.37. The molecule has 0 bridgehead atoms. The van der Waals surface area contributed by atoms with Crippen molar-refractivity contribution in [3.8, 4) is 22.6 Å². The molecule has 5 aromatic carbocycles. The van der Waals surface area contributed by atoms with Crippen LogP contribution < -0.4 is 25.2 Å². The van der Waals surface area contributed by atoms with Crippen LogP contribution in [0.15, 0.2) is 115 Å². The van der Waals surface area contributed by atoms with E-state index in [2.05, 4.69) is 55.7 Å². The van der Waals surface area contributed by atoms with Crippen LogP contribution in [-0.4, -0.2) is 92.7 Å². The van der Waals surface area contributed by atoms with Crippen LogP contribution in [0.25, 0.3) is 32.2 Å². The number of nitrogens with one attached hydrogen (secondary N) is 2. The van der Waals surface area contributed by atoms with Gasteiger partial charge in [-0.15, -0.1) is 0 Å². The molecule has 3 amide bonds. The summed E-state index contributed by atoms with van der Waals surface area (Å²) in [7, 11) is 1.91. The SMILES string of the molecule is Cc1c(Oc2ccc(CCCCN3CCN(c4ccc5c(C6CCC(=O)NC6=O)nn(C)c5c4)CC3)cc2)cccc1-c1ccc(N2CCc3cccc(C(=O)Nc4nc5ccccc5s4)c3C2)nc1C(=O)O. The maximum Gasteiger partial charge on any atom is 0.355 e. The average Bonchev–Trinajstić information content (AvgIpc) is 3.97. The number of hydrogen-bond acceptors (Lipinski definition) is 12. The first-order valence-electron chi connectivity index (χ1n) is 24.9. The fourth-order valence-corrected chi connectivity index (χ4v) is 11.4. The van der Waals surface area contributed by atoms with Gasteiger partial charge in [-0.05, 0) is 140 Å². The number of ether oxygens (including phenoxy) is 1. The van der Waals surface area contributed by atoms with Crippen LogP contribution in [0.5, 0.6) is 11.5 Å². The van der Waals surface area contributed by atoms with Gasteiger partial charge < -0.3 is 19.6 Å². The molecule has 8 aromatic rings. The molecule has 1 atom stereocenters. The number of imide groups is 1. The lowest BCUT2D eigenvalue weighted by Gasteiger charge is -2.36. The summed E-state index contributed by atoms with van der Waals surface area (Å²) in [6.45, 7) is 7.84. The van der Waals surface area contributed by atoms with Crippen LogP contribution in [0.1, 0.15) is 80.4 Å². The lowest BCUT2D eigenvalue weighted by atomic mass is 9.93. The molecule has 0 radical (unpaired) electrons. The first kappa shape index (κ1) is 47.4. The largest absolute Gasteiger partial charge is 0.476 e. The Labute approximate surface area is 426 Å². The smallest absolute Gasteiger partial charge is 0.355 e. The van der Waals surface area contributed by atoms with E-state index in [4.69, 9.17) is 14.8 Å². The second kappa shape index (κ2) is 20.3. The molecule has 2 saturated heterocycles. The quantitative estimate of drug-likeness (QED) is 0.0696. The monoisotopic (exact) mass is 993 g/mol. The summed E-state index contributed by atoms with van der Waals surface area (Å²) in [5.41, 5.74) is 9.43. The number of thiazole rings is 1. The third kappa shape index (κ3) is 9.87. The zero-order chi connectivity index (χ0) is 50.2. The highest BCUT2D eigenvalue weighted by molar-refractivity contribution is 7.22. The van der Waals surface area contributed by atoms with Crippen LogP contribution in [0, 0.1) is 6.92 Å². The predicted octanol–water partition coefficient (Wildman–Crippen LogP) is 9.52. The standard InChI is InChI=1S/C57H55N9O6S/c1-35-40(41-22-24-50(59-53(41)56(70)71)66-28-26-37-10-7-12-42(45(37)34-66)54(68)61-57-58-46-13-3-4-15-49(46)73-57)11-8-14-48(35)72-39-19-16-36(17-20-39)9-5-6-27-64-29-31-65(32-30-64)38-18-21-43-47(33-38)63(2)62-52(43)44-23-25-51(67)60-55(44)69/h3-4,7-8,10-22,24,33,44H,5-6,9,23,25-32,34H2,1-2H3,(H,70,71)(H,58,61,68)(H,60,67,69). The van der Waals surface area contributed by atoms with Crippen molar-refractivity contribution in [2.45, 2.75) is 57.9 Å². The van der Waals surface area contributed by atoms with Gasteiger partial charge in [0.15, 0.2) is 10.8 Å². The number of carboxylic acids is 1. The van der Waals surface area contributed by atoms with Crippen LogP contribution >= 0.6 is 11.3 Å². The van der Waals surface area contributed by atoms with Gasteiger partial charge in [0.25, 0.3) is 5.91 Å². The molecule has 1 unspecified atom stereocenters. The lowest BCUT2D eigenvalue weighted by Crippen LogP contribution is -2.46. The molecule has 11 rings (SSSR count). The molecule has 16 heteroatoms. The number of carbonyl (C=O) groups is 4. The number of piperidine rings is 1. The molecule has 0 spiro atoms. The van der Waals surface area contributed by atoms with Crippen molar-refractivity contribution in [3.05, 3.63) is 154 Å². The fourth-order valence-electron chi connectivity index (χ4n) is 10.5. The van der Waals surface area contributed by atoms with E-state index in [0.29, 0.717) is 65.9 Å². The Morgan fingerprint density at radius 1 is 0.836 bits per heavy atom. The van der Waals surface area contributed by atoms with E-state index in [-0.39, 0.29) is 23.4 Å². The second-order valence-electron chi connectivity index (χ2n) is 19.1. The average molecular weight is 994 g/mol. The van der Waals surface area contributed by atoms with Gasteiger partial charge in [0, 0.05) is 74.9 Å². The zero-order valence-electron chi connectivity index (χ0n) is 40.8. The van der Waals surface area contributed by atoms with Gasteiger partial charge in [0.05, 0.1) is 27.3 Å². The number of benzene rings is 5. The van der Waals surface area contributed by atoms with Crippen molar-refractivity contribution >= 4 is 72.8 Å². The van der Waals surface area contributed by atoms with E-state index in [9.17, 15) is 24.3 Å². The van der Waals surface area contributed by atoms with Crippen LogP contribution in [0.3, 0.4) is 0 Å². The minimum absolute atomic E-state index is 0.0550. The minimum Gasteiger partial charge on any atom is -0.476 e. The van der Waals surface area contributed by atoms with Gasteiger partial charge in [0.1, 0.15) is 17.3 Å². The zero-order valence-corrected chi connectivity index (χ0v) is 41.6. The Morgan fingerprint density at radius 2 is 1.66 bits per heavy atom. The molecular weight excluding hydrogens is 939 g/mol. The fraction of sp³-hybridized carbons (Fsp3) is 0.281. The number of carboxylic acid groups (broad SMARTS) is 1. The normalized spacial score (nSPS) is 16.2. The summed E-state index contributed by atoms with van der Waals surface area (Å²) in [5.74, 6) is -0.414. The van der Waals surface area contributed by atoms with E-state index < -0.39 is 11.9 Å². The van der Waals surface area contributed by atoms with Crippen molar-refractivity contribution in [1.82, 2.24) is 30.0 Å². The molecule has 6 heterocycles. The Morgan fingerprint density at radius 3 is 2.47 bits per heavy atom. The van der Waals surface area contributed by atoms with Gasteiger partial charge in [-0.1, -0.05) is 59.9 Å². The van der Waals surface area contributed by atoms with Gasteiger partial charge in [-0.2, -0.15) is 5.10 Å². The van der Waals surface area contributed by atoms with Crippen LogP contribution in [0.4, 0.5) is 16.6 Å². The van der Waals surface area contributed by atoms with Crippen molar-refractivity contribution in [2.75, 3.05) is 54.4 Å². The summed E-state index contributed by atoms with van der Waals surface area (Å²) in [6, 6.07) is 37.4. The van der Waals surface area contributed by atoms with Crippen molar-refractivity contribution in [2.24, 2.45) is 7.05 Å². The van der Waals surface area contributed by atoms with E-state index in [1.165, 1.54) is 16.9 Å². The first-order valence-corrected chi connectivity index (χ1v) is 25.8. The van der Waals surface area contributed by atoms with Crippen molar-refractivity contribution in [1.29, 1.82) is 0 Å². The number of unbranched alkanes of at least 4 members (excludes halogenated alkanes) is 1.